The third-order valence-corrected chi connectivity index (χ3v) is 3.10. The molecule has 0 saturated heterocycles. The molecule has 0 aliphatic carbocycles. The van der Waals surface area contributed by atoms with Crippen molar-refractivity contribution in [1.82, 2.24) is 5.32 Å². The summed E-state index contributed by atoms with van der Waals surface area (Å²) in [5.74, 6) is 0. The molecule has 2 heteroatoms. The van der Waals surface area contributed by atoms with Crippen LogP contribution in [0.5, 0.6) is 0 Å². The molecule has 0 bridgehead atoms. The Morgan fingerprint density at radius 3 is 2.29 bits per heavy atom. The molecule has 0 spiro atoms. The van der Waals surface area contributed by atoms with Gasteiger partial charge < -0.3 is 5.32 Å². The molecule has 0 fully saturated rings. The molecule has 88 valence electrons. The van der Waals surface area contributed by atoms with Gasteiger partial charge in [0.2, 0.25) is 0 Å². The van der Waals surface area contributed by atoms with Gasteiger partial charge in [-0.05, 0) is 23.7 Å². The minimum atomic E-state index is 0.162. The van der Waals surface area contributed by atoms with Crippen molar-refractivity contribution in [2.24, 2.45) is 0 Å². The minimum absolute atomic E-state index is 0.162. The van der Waals surface area contributed by atoms with E-state index in [-0.39, 0.29) is 6.04 Å². The van der Waals surface area contributed by atoms with Gasteiger partial charge in [0, 0.05) is 5.02 Å². The van der Waals surface area contributed by atoms with E-state index in [0.717, 1.165) is 17.1 Å². The summed E-state index contributed by atoms with van der Waals surface area (Å²) >= 11 is 6.26. The third kappa shape index (κ3) is 2.87. The van der Waals surface area contributed by atoms with Crippen molar-refractivity contribution < 1.29 is 0 Å². The van der Waals surface area contributed by atoms with E-state index in [0.29, 0.717) is 0 Å². The second-order valence-corrected chi connectivity index (χ2v) is 4.33. The van der Waals surface area contributed by atoms with Gasteiger partial charge >= 0.3 is 0 Å². The molecular weight excluding hydrogens is 230 g/mol. The molecule has 1 N–H and O–H groups in total. The average molecular weight is 246 g/mol. The number of hydrogen-bond acceptors (Lipinski definition) is 1. The SMILES string of the molecule is CCNC(c1ccccc1)c1ccccc1Cl. The molecule has 2 rings (SSSR count). The number of rotatable bonds is 4. The Hall–Kier alpha value is -1.31. The first kappa shape index (κ1) is 12.2. The molecule has 0 aliphatic heterocycles. The summed E-state index contributed by atoms with van der Waals surface area (Å²) in [7, 11) is 0. The van der Waals surface area contributed by atoms with Gasteiger partial charge in [-0.2, -0.15) is 0 Å². The largest absolute Gasteiger partial charge is 0.306 e. The Morgan fingerprint density at radius 1 is 1.00 bits per heavy atom. The normalized spacial score (nSPS) is 12.4. The molecule has 0 aliphatic rings. The van der Waals surface area contributed by atoms with Gasteiger partial charge in [0.15, 0.2) is 0 Å². The summed E-state index contributed by atoms with van der Waals surface area (Å²) in [5, 5.41) is 4.28. The number of halogens is 1. The monoisotopic (exact) mass is 245 g/mol. The highest BCUT2D eigenvalue weighted by atomic mass is 35.5. The van der Waals surface area contributed by atoms with Crippen molar-refractivity contribution in [2.45, 2.75) is 13.0 Å². The maximum atomic E-state index is 6.26. The molecule has 0 radical (unpaired) electrons. The van der Waals surface area contributed by atoms with Gasteiger partial charge in [-0.25, -0.2) is 0 Å². The van der Waals surface area contributed by atoms with Crippen LogP contribution in [0, 0.1) is 0 Å². The first-order chi connectivity index (χ1) is 8.33. The molecular formula is C15H16ClN. The highest BCUT2D eigenvalue weighted by Crippen LogP contribution is 2.27. The summed E-state index contributed by atoms with van der Waals surface area (Å²) in [6.45, 7) is 3.01. The molecule has 1 atom stereocenters. The van der Waals surface area contributed by atoms with Crippen LogP contribution in [0.1, 0.15) is 24.1 Å². The predicted octanol–water partition coefficient (Wildman–Crippen LogP) is 4.04. The zero-order chi connectivity index (χ0) is 12.1. The second kappa shape index (κ2) is 5.85. The van der Waals surface area contributed by atoms with Gasteiger partial charge in [0.1, 0.15) is 0 Å². The lowest BCUT2D eigenvalue weighted by Crippen LogP contribution is -2.22. The second-order valence-electron chi connectivity index (χ2n) is 3.92. The number of benzene rings is 2. The van der Waals surface area contributed by atoms with Crippen LogP contribution in [0.25, 0.3) is 0 Å². The summed E-state index contributed by atoms with van der Waals surface area (Å²) in [6, 6.07) is 18.5. The van der Waals surface area contributed by atoms with Crippen molar-refractivity contribution >= 4 is 11.6 Å². The first-order valence-electron chi connectivity index (χ1n) is 5.85. The smallest absolute Gasteiger partial charge is 0.0591 e. The van der Waals surface area contributed by atoms with Crippen LogP contribution >= 0.6 is 11.6 Å². The molecule has 1 nitrogen and oxygen atoms in total. The zero-order valence-corrected chi connectivity index (χ0v) is 10.6. The van der Waals surface area contributed by atoms with Crippen molar-refractivity contribution in [3.63, 3.8) is 0 Å². The van der Waals surface area contributed by atoms with Crippen LogP contribution in [0.15, 0.2) is 54.6 Å². The molecule has 2 aromatic carbocycles. The molecule has 1 unspecified atom stereocenters. The van der Waals surface area contributed by atoms with E-state index < -0.39 is 0 Å². The summed E-state index contributed by atoms with van der Waals surface area (Å²) < 4.78 is 0. The molecule has 0 aromatic heterocycles. The van der Waals surface area contributed by atoms with Gasteiger partial charge in [0.25, 0.3) is 0 Å². The number of hydrogen-bond donors (Lipinski definition) is 1. The predicted molar refractivity (Wildman–Crippen MR) is 73.4 cm³/mol. The van der Waals surface area contributed by atoms with E-state index in [1.165, 1.54) is 5.56 Å². The molecule has 0 amide bonds. The van der Waals surface area contributed by atoms with E-state index >= 15 is 0 Å². The maximum Gasteiger partial charge on any atom is 0.0591 e. The quantitative estimate of drug-likeness (QED) is 0.857. The first-order valence-corrected chi connectivity index (χ1v) is 6.23. The fourth-order valence-electron chi connectivity index (χ4n) is 1.97. The van der Waals surface area contributed by atoms with E-state index in [1.807, 2.05) is 24.3 Å². The fraction of sp³-hybridized carbons (Fsp3) is 0.200. The van der Waals surface area contributed by atoms with Gasteiger partial charge in [-0.1, -0.05) is 67.1 Å². The van der Waals surface area contributed by atoms with Gasteiger partial charge in [-0.15, -0.1) is 0 Å². The summed E-state index contributed by atoms with van der Waals surface area (Å²) in [5.41, 5.74) is 2.37. The molecule has 0 heterocycles. The fourth-order valence-corrected chi connectivity index (χ4v) is 2.21. The lowest BCUT2D eigenvalue weighted by Gasteiger charge is -2.20. The van der Waals surface area contributed by atoms with Crippen molar-refractivity contribution in [1.29, 1.82) is 0 Å². The Bertz CT molecular complexity index is 467. The topological polar surface area (TPSA) is 12.0 Å². The van der Waals surface area contributed by atoms with Gasteiger partial charge in [-0.3, -0.25) is 0 Å². The highest BCUT2D eigenvalue weighted by Gasteiger charge is 2.14. The standard InChI is InChI=1S/C15H16ClN/c1-2-17-15(12-8-4-3-5-9-12)13-10-6-7-11-14(13)16/h3-11,15,17H,2H2,1H3. The maximum absolute atomic E-state index is 6.26. The van der Waals surface area contributed by atoms with Crippen LogP contribution in [0.3, 0.4) is 0 Å². The van der Waals surface area contributed by atoms with Crippen LogP contribution in [-0.2, 0) is 0 Å². The Balaban J connectivity index is 2.39. The summed E-state index contributed by atoms with van der Waals surface area (Å²) in [6.07, 6.45) is 0. The van der Waals surface area contributed by atoms with E-state index in [4.69, 9.17) is 11.6 Å². The Kier molecular flexibility index (Phi) is 4.18. The Labute approximate surface area is 107 Å². The van der Waals surface area contributed by atoms with Crippen molar-refractivity contribution in [2.75, 3.05) is 6.54 Å². The van der Waals surface area contributed by atoms with Crippen LogP contribution in [-0.4, -0.2) is 6.54 Å². The van der Waals surface area contributed by atoms with E-state index in [1.54, 1.807) is 0 Å². The summed E-state index contributed by atoms with van der Waals surface area (Å²) in [4.78, 5) is 0. The van der Waals surface area contributed by atoms with E-state index in [2.05, 4.69) is 42.6 Å². The molecule has 17 heavy (non-hydrogen) atoms. The third-order valence-electron chi connectivity index (χ3n) is 2.76. The van der Waals surface area contributed by atoms with Crippen LogP contribution in [0.2, 0.25) is 5.02 Å². The number of nitrogens with one attached hydrogen (secondary N) is 1. The highest BCUT2D eigenvalue weighted by molar-refractivity contribution is 6.31. The van der Waals surface area contributed by atoms with Crippen LogP contribution < -0.4 is 5.32 Å². The minimum Gasteiger partial charge on any atom is -0.306 e. The van der Waals surface area contributed by atoms with Crippen LogP contribution in [0.4, 0.5) is 0 Å². The van der Waals surface area contributed by atoms with E-state index in [9.17, 15) is 0 Å². The lowest BCUT2D eigenvalue weighted by atomic mass is 9.99. The lowest BCUT2D eigenvalue weighted by molar-refractivity contribution is 0.631. The average Bonchev–Trinajstić information content (AvgIpc) is 2.38. The van der Waals surface area contributed by atoms with Crippen molar-refractivity contribution in [3.8, 4) is 0 Å². The van der Waals surface area contributed by atoms with Crippen molar-refractivity contribution in [3.05, 3.63) is 70.7 Å². The Morgan fingerprint density at radius 2 is 1.65 bits per heavy atom. The molecule has 2 aromatic rings. The molecule has 0 saturated carbocycles. The van der Waals surface area contributed by atoms with Gasteiger partial charge in [0.05, 0.1) is 6.04 Å². The zero-order valence-electron chi connectivity index (χ0n) is 9.86.